The molecule has 0 aromatic heterocycles. The monoisotopic (exact) mass is 100 g/mol. The summed E-state index contributed by atoms with van der Waals surface area (Å²) in [5.41, 5.74) is 1.14. The Morgan fingerprint density at radius 3 is 2.29 bits per heavy atom. The zero-order valence-electron chi connectivity index (χ0n) is 4.93. The second kappa shape index (κ2) is 3.53. The lowest BCUT2D eigenvalue weighted by Crippen LogP contribution is -1.57. The van der Waals surface area contributed by atoms with Gasteiger partial charge in [-0.2, -0.15) is 0 Å². The maximum atomic E-state index is 4.40. The third kappa shape index (κ3) is 5.34. The summed E-state index contributed by atoms with van der Waals surface area (Å²) in [7, 11) is 1.53. The van der Waals surface area contributed by atoms with Crippen LogP contribution in [0.2, 0.25) is 0 Å². The van der Waals surface area contributed by atoms with Crippen molar-refractivity contribution in [3.8, 4) is 0 Å². The van der Waals surface area contributed by atoms with Crippen molar-refractivity contribution in [1.82, 2.24) is 0 Å². The van der Waals surface area contributed by atoms with Crippen molar-refractivity contribution in [3.05, 3.63) is 16.3 Å². The first-order chi connectivity index (χ1) is 3.27. The van der Waals surface area contributed by atoms with Gasteiger partial charge < -0.3 is 0 Å². The van der Waals surface area contributed by atoms with Crippen LogP contribution in [0.5, 0.6) is 0 Å². The van der Waals surface area contributed by atoms with Gasteiger partial charge in [-0.15, -0.1) is 4.54 Å². The van der Waals surface area contributed by atoms with E-state index in [1.807, 2.05) is 13.8 Å². The standard InChI is InChI=1S/C5H10NO/c1-5(2)4-6-7-3/h4H,1-3H3/q+1. The maximum absolute atomic E-state index is 4.40. The average molecular weight is 100 g/mol. The van der Waals surface area contributed by atoms with Crippen LogP contribution in [0, 0.1) is 4.54 Å². The SMILES string of the molecule is C[O+]=NC=C(C)C. The highest BCUT2D eigenvalue weighted by Gasteiger charge is 1.74. The van der Waals surface area contributed by atoms with Gasteiger partial charge in [0.25, 0.3) is 7.11 Å². The van der Waals surface area contributed by atoms with Gasteiger partial charge in [-0.3, -0.25) is 0 Å². The van der Waals surface area contributed by atoms with Crippen molar-refractivity contribution in [1.29, 1.82) is 0 Å². The molecule has 0 saturated heterocycles. The Labute approximate surface area is 43.5 Å². The minimum atomic E-state index is 1.14. The maximum Gasteiger partial charge on any atom is 0.297 e. The zero-order chi connectivity index (χ0) is 5.70. The lowest BCUT2D eigenvalue weighted by atomic mass is 10.4. The first-order valence-corrected chi connectivity index (χ1v) is 2.14. The second-order valence-corrected chi connectivity index (χ2v) is 1.49. The summed E-state index contributed by atoms with van der Waals surface area (Å²) < 4.78 is 4.40. The van der Waals surface area contributed by atoms with Crippen LogP contribution in [0.3, 0.4) is 0 Å². The lowest BCUT2D eigenvalue weighted by molar-refractivity contribution is 1.30. The number of hydrogen-bond donors (Lipinski definition) is 0. The van der Waals surface area contributed by atoms with E-state index in [9.17, 15) is 0 Å². The predicted octanol–water partition coefficient (Wildman–Crippen LogP) is 1.84. The van der Waals surface area contributed by atoms with E-state index in [4.69, 9.17) is 0 Å². The quantitative estimate of drug-likeness (QED) is 0.449. The van der Waals surface area contributed by atoms with Crippen molar-refractivity contribution in [3.63, 3.8) is 0 Å². The summed E-state index contributed by atoms with van der Waals surface area (Å²) in [5.74, 6) is 0. The molecule has 2 heteroatoms. The fourth-order valence-corrected chi connectivity index (χ4v) is 0.158. The van der Waals surface area contributed by atoms with Crippen LogP contribution in [-0.4, -0.2) is 7.11 Å². The van der Waals surface area contributed by atoms with Crippen molar-refractivity contribution in [2.45, 2.75) is 13.8 Å². The van der Waals surface area contributed by atoms with Gasteiger partial charge in [-0.1, -0.05) is 0 Å². The van der Waals surface area contributed by atoms with Gasteiger partial charge in [-0.25, -0.2) is 0 Å². The summed E-state index contributed by atoms with van der Waals surface area (Å²) in [5, 5.41) is 3.51. The van der Waals surface area contributed by atoms with E-state index in [1.165, 1.54) is 7.11 Å². The van der Waals surface area contributed by atoms with Crippen LogP contribution >= 0.6 is 0 Å². The molecule has 0 saturated carbocycles. The number of nitroso groups, excluding NO2 is 1. The molecule has 0 aliphatic heterocycles. The highest BCUT2D eigenvalue weighted by Crippen LogP contribution is 1.86. The van der Waals surface area contributed by atoms with E-state index in [0.29, 0.717) is 0 Å². The van der Waals surface area contributed by atoms with E-state index in [2.05, 4.69) is 9.71 Å². The Morgan fingerprint density at radius 1 is 1.57 bits per heavy atom. The minimum absolute atomic E-state index is 1.14. The molecule has 0 radical (unpaired) electrons. The highest BCUT2D eigenvalue weighted by atomic mass is 16.5. The molecule has 0 N–H and O–H groups in total. The van der Waals surface area contributed by atoms with Gasteiger partial charge in [0.1, 0.15) is 11.4 Å². The second-order valence-electron chi connectivity index (χ2n) is 1.49. The first kappa shape index (κ1) is 6.34. The molecule has 0 spiro atoms. The molecule has 2 nitrogen and oxygen atoms in total. The van der Waals surface area contributed by atoms with Gasteiger partial charge >= 0.3 is 0 Å². The van der Waals surface area contributed by atoms with Crippen LogP contribution in [0.25, 0.3) is 0 Å². The summed E-state index contributed by atoms with van der Waals surface area (Å²) in [6.07, 6.45) is 1.67. The molecule has 0 aliphatic carbocycles. The molecule has 0 heterocycles. The van der Waals surface area contributed by atoms with E-state index in [0.717, 1.165) is 5.57 Å². The topological polar surface area (TPSA) is 23.7 Å². The molecule has 0 amide bonds. The molecule has 0 aromatic rings. The minimum Gasteiger partial charge on any atom is -0.121 e. The van der Waals surface area contributed by atoms with Gasteiger partial charge in [0.15, 0.2) is 0 Å². The number of hydrogen-bond acceptors (Lipinski definition) is 1. The molecule has 0 unspecified atom stereocenters. The highest BCUT2D eigenvalue weighted by molar-refractivity contribution is 4.91. The predicted molar refractivity (Wildman–Crippen MR) is 31.1 cm³/mol. The van der Waals surface area contributed by atoms with Crippen molar-refractivity contribution in [2.24, 2.45) is 5.18 Å². The van der Waals surface area contributed by atoms with Crippen molar-refractivity contribution in [2.75, 3.05) is 7.11 Å². The fraction of sp³-hybridized carbons (Fsp3) is 0.600. The molecule has 0 atom stereocenters. The van der Waals surface area contributed by atoms with Crippen LogP contribution in [0.4, 0.5) is 0 Å². The van der Waals surface area contributed by atoms with Crippen LogP contribution in [-0.2, 0) is 0 Å². The lowest BCUT2D eigenvalue weighted by Gasteiger charge is -1.70. The fourth-order valence-electron chi connectivity index (χ4n) is 0.158. The van der Waals surface area contributed by atoms with Gasteiger partial charge in [0.05, 0.1) is 0 Å². The smallest absolute Gasteiger partial charge is 0.121 e. The van der Waals surface area contributed by atoms with Crippen LogP contribution < -0.4 is 0 Å². The first-order valence-electron chi connectivity index (χ1n) is 2.14. The van der Waals surface area contributed by atoms with Gasteiger partial charge in [-0.05, 0) is 19.4 Å². The van der Waals surface area contributed by atoms with Gasteiger partial charge in [0.2, 0.25) is 0 Å². The van der Waals surface area contributed by atoms with Crippen molar-refractivity contribution < 1.29 is 0 Å². The Balaban J connectivity index is 3.46. The van der Waals surface area contributed by atoms with Crippen LogP contribution in [0.1, 0.15) is 13.8 Å². The normalized spacial score (nSPS) is 9.57. The molecule has 7 heavy (non-hydrogen) atoms. The molecule has 0 aromatic carbocycles. The summed E-state index contributed by atoms with van der Waals surface area (Å²) in [6, 6.07) is 0. The molecular formula is C5H10NO+. The molecule has 0 fully saturated rings. The van der Waals surface area contributed by atoms with E-state index < -0.39 is 0 Å². The third-order valence-electron chi connectivity index (χ3n) is 0.416. The van der Waals surface area contributed by atoms with E-state index in [1.54, 1.807) is 6.20 Å². The van der Waals surface area contributed by atoms with Crippen molar-refractivity contribution >= 4 is 0 Å². The number of rotatable bonds is 1. The number of allylic oxidation sites excluding steroid dienone is 1. The molecule has 0 bridgehead atoms. The Bertz CT molecular complexity index is 90.3. The van der Waals surface area contributed by atoms with E-state index in [-0.39, 0.29) is 0 Å². The Kier molecular flexibility index (Phi) is 3.19. The zero-order valence-corrected chi connectivity index (χ0v) is 4.93. The Hall–Kier alpha value is -0.660. The molecule has 0 aliphatic rings. The molecular weight excluding hydrogens is 90.1 g/mol. The molecule has 40 valence electrons. The summed E-state index contributed by atoms with van der Waals surface area (Å²) >= 11 is 0. The van der Waals surface area contributed by atoms with Crippen LogP contribution in [0.15, 0.2) is 16.9 Å². The largest absolute Gasteiger partial charge is 0.297 e. The summed E-state index contributed by atoms with van der Waals surface area (Å²) in [6.45, 7) is 3.92. The Morgan fingerprint density at radius 2 is 2.14 bits per heavy atom. The number of nitrogens with zero attached hydrogens (tertiary/aromatic N) is 1. The molecule has 0 rings (SSSR count). The van der Waals surface area contributed by atoms with Gasteiger partial charge in [0, 0.05) is 0 Å². The third-order valence-corrected chi connectivity index (χ3v) is 0.416. The summed E-state index contributed by atoms with van der Waals surface area (Å²) in [4.78, 5) is 0. The van der Waals surface area contributed by atoms with E-state index >= 15 is 0 Å². The average Bonchev–Trinajstić information content (AvgIpc) is 1.61.